The fraction of sp³-hybridized carbons (Fsp3) is 0.158. The summed E-state index contributed by atoms with van der Waals surface area (Å²) in [5.74, 6) is 0.779. The van der Waals surface area contributed by atoms with Crippen LogP contribution in [0.25, 0.3) is 23.4 Å². The molecule has 1 heterocycles. The highest BCUT2D eigenvalue weighted by Crippen LogP contribution is 2.32. The monoisotopic (exact) mass is 306 g/mol. The zero-order valence-electron chi connectivity index (χ0n) is 13.4. The van der Waals surface area contributed by atoms with E-state index in [1.807, 2.05) is 56.4 Å². The van der Waals surface area contributed by atoms with Gasteiger partial charge in [0, 0.05) is 16.8 Å². The number of methoxy groups -OCH3 is 1. The number of hydrogen-bond donors (Lipinski definition) is 1. The second kappa shape index (κ2) is 7.28. The van der Waals surface area contributed by atoms with E-state index in [0.29, 0.717) is 5.69 Å². The van der Waals surface area contributed by atoms with Crippen molar-refractivity contribution in [1.29, 1.82) is 5.26 Å². The van der Waals surface area contributed by atoms with Gasteiger partial charge in [-0.25, -0.2) is 0 Å². The molecule has 0 spiro atoms. The van der Waals surface area contributed by atoms with Gasteiger partial charge in [-0.05, 0) is 43.7 Å². The number of H-pyrrole nitrogens is 1. The number of ether oxygens (including phenoxy) is 1. The van der Waals surface area contributed by atoms with Crippen LogP contribution in [0.2, 0.25) is 0 Å². The molecular weight excluding hydrogens is 288 g/mol. The second-order valence-corrected chi connectivity index (χ2v) is 4.91. The summed E-state index contributed by atoms with van der Waals surface area (Å²) < 4.78 is 5.52. The van der Waals surface area contributed by atoms with Crippen LogP contribution in [0, 0.1) is 11.3 Å². The Morgan fingerprint density at radius 1 is 1.13 bits per heavy atom. The molecule has 0 saturated carbocycles. The molecule has 0 amide bonds. The quantitative estimate of drug-likeness (QED) is 0.928. The van der Waals surface area contributed by atoms with Gasteiger partial charge < -0.3 is 9.72 Å². The summed E-state index contributed by atoms with van der Waals surface area (Å²) in [6.07, 6.45) is 7.78. The molecule has 0 fully saturated rings. The summed E-state index contributed by atoms with van der Waals surface area (Å²) in [7, 11) is 1.64. The molecule has 4 heteroatoms. The lowest BCUT2D eigenvalue weighted by Crippen LogP contribution is -2.10. The number of nitrogens with one attached hydrogen (secondary N) is 1. The number of aromatic amines is 1. The van der Waals surface area contributed by atoms with Crippen LogP contribution in [-0.4, -0.2) is 12.1 Å². The van der Waals surface area contributed by atoms with E-state index < -0.39 is 0 Å². The normalized spacial score (nSPS) is 11.0. The Balaban J connectivity index is 2.70. The van der Waals surface area contributed by atoms with E-state index in [2.05, 4.69) is 4.98 Å². The van der Waals surface area contributed by atoms with Crippen molar-refractivity contribution < 1.29 is 4.74 Å². The third-order valence-electron chi connectivity index (χ3n) is 3.38. The first-order valence-corrected chi connectivity index (χ1v) is 7.25. The molecule has 0 unspecified atom stereocenters. The Hall–Kier alpha value is -3.06. The lowest BCUT2D eigenvalue weighted by atomic mass is 10.00. The van der Waals surface area contributed by atoms with Gasteiger partial charge >= 0.3 is 0 Å². The topological polar surface area (TPSA) is 65.9 Å². The minimum absolute atomic E-state index is 0.101. The average molecular weight is 306 g/mol. The Kier molecular flexibility index (Phi) is 5.16. The van der Waals surface area contributed by atoms with Gasteiger partial charge in [0.2, 0.25) is 0 Å². The number of hydrogen-bond acceptors (Lipinski definition) is 3. The summed E-state index contributed by atoms with van der Waals surface area (Å²) in [5.41, 5.74) is 3.07. The summed E-state index contributed by atoms with van der Waals surface area (Å²) in [5, 5.41) is 8.87. The molecule has 0 aliphatic rings. The third-order valence-corrected chi connectivity index (χ3v) is 3.38. The van der Waals surface area contributed by atoms with Crippen LogP contribution < -0.4 is 10.3 Å². The van der Waals surface area contributed by atoms with Crippen LogP contribution in [0.4, 0.5) is 0 Å². The Morgan fingerprint density at radius 3 is 2.17 bits per heavy atom. The minimum atomic E-state index is -0.388. The van der Waals surface area contributed by atoms with E-state index in [9.17, 15) is 4.79 Å². The standard InChI is InChI=1S/C19H18N2O2/c1-4-6-13-10-16(11-14(7-5-2)18(13)23-3)17-9-8-15(12-20)19(22)21-17/h4-11H,1-3H3,(H,21,22). The summed E-state index contributed by atoms with van der Waals surface area (Å²) in [6, 6.07) is 9.03. The zero-order valence-corrected chi connectivity index (χ0v) is 13.4. The maximum atomic E-state index is 11.9. The molecule has 2 aromatic rings. The van der Waals surface area contributed by atoms with Gasteiger partial charge in [0.1, 0.15) is 17.4 Å². The van der Waals surface area contributed by atoms with Crippen LogP contribution in [0.1, 0.15) is 30.5 Å². The highest BCUT2D eigenvalue weighted by atomic mass is 16.5. The number of nitrogens with zero attached hydrogens (tertiary/aromatic N) is 1. The number of rotatable bonds is 4. The number of benzene rings is 1. The maximum absolute atomic E-state index is 11.9. The molecule has 0 atom stereocenters. The van der Waals surface area contributed by atoms with Crippen molar-refractivity contribution in [2.24, 2.45) is 0 Å². The summed E-state index contributed by atoms with van der Waals surface area (Å²) >= 11 is 0. The minimum Gasteiger partial charge on any atom is -0.496 e. The van der Waals surface area contributed by atoms with Crippen LogP contribution in [-0.2, 0) is 0 Å². The van der Waals surface area contributed by atoms with Gasteiger partial charge in [-0.15, -0.1) is 0 Å². The summed E-state index contributed by atoms with van der Waals surface area (Å²) in [6.45, 7) is 3.87. The molecule has 0 saturated heterocycles. The van der Waals surface area contributed by atoms with Gasteiger partial charge in [-0.2, -0.15) is 5.26 Å². The number of pyridine rings is 1. The predicted octanol–water partition coefficient (Wildman–Crippen LogP) is 3.99. The highest BCUT2D eigenvalue weighted by molar-refractivity contribution is 5.75. The van der Waals surface area contributed by atoms with Crippen molar-refractivity contribution in [1.82, 2.24) is 4.98 Å². The van der Waals surface area contributed by atoms with Crippen LogP contribution in [0.15, 0.2) is 41.2 Å². The highest BCUT2D eigenvalue weighted by Gasteiger charge is 2.10. The summed E-state index contributed by atoms with van der Waals surface area (Å²) in [4.78, 5) is 14.6. The van der Waals surface area contributed by atoms with E-state index in [1.54, 1.807) is 13.2 Å². The molecule has 0 bridgehead atoms. The Labute approximate surface area is 135 Å². The van der Waals surface area contributed by atoms with Gasteiger partial charge in [0.15, 0.2) is 0 Å². The van der Waals surface area contributed by atoms with Crippen molar-refractivity contribution in [3.63, 3.8) is 0 Å². The van der Waals surface area contributed by atoms with E-state index in [0.717, 1.165) is 22.4 Å². The maximum Gasteiger partial charge on any atom is 0.266 e. The van der Waals surface area contributed by atoms with Crippen molar-refractivity contribution >= 4 is 12.2 Å². The molecule has 0 radical (unpaired) electrons. The van der Waals surface area contributed by atoms with Crippen LogP contribution in [0.3, 0.4) is 0 Å². The fourth-order valence-electron chi connectivity index (χ4n) is 2.40. The van der Waals surface area contributed by atoms with Gasteiger partial charge in [0.25, 0.3) is 5.56 Å². The first kappa shape index (κ1) is 16.3. The second-order valence-electron chi connectivity index (χ2n) is 4.91. The Bertz CT molecular complexity index is 835. The zero-order chi connectivity index (χ0) is 16.8. The molecular formula is C19H18N2O2. The predicted molar refractivity (Wildman–Crippen MR) is 93.2 cm³/mol. The van der Waals surface area contributed by atoms with Gasteiger partial charge in [-0.3, -0.25) is 4.79 Å². The number of nitriles is 1. The first-order chi connectivity index (χ1) is 11.1. The smallest absolute Gasteiger partial charge is 0.266 e. The lowest BCUT2D eigenvalue weighted by Gasteiger charge is -2.12. The molecule has 4 nitrogen and oxygen atoms in total. The van der Waals surface area contributed by atoms with E-state index >= 15 is 0 Å². The van der Waals surface area contributed by atoms with Crippen LogP contribution >= 0.6 is 0 Å². The fourth-order valence-corrected chi connectivity index (χ4v) is 2.40. The molecule has 1 aromatic carbocycles. The molecule has 0 aliphatic carbocycles. The van der Waals surface area contributed by atoms with Crippen LogP contribution in [0.5, 0.6) is 5.75 Å². The number of aromatic nitrogens is 1. The SMILES string of the molecule is CC=Cc1cc(-c2ccc(C#N)c(=O)[nH]2)cc(C=CC)c1OC. The number of allylic oxidation sites excluding steroid dienone is 2. The van der Waals surface area contributed by atoms with E-state index in [-0.39, 0.29) is 11.1 Å². The van der Waals surface area contributed by atoms with Gasteiger partial charge in [0.05, 0.1) is 7.11 Å². The third kappa shape index (κ3) is 3.41. The van der Waals surface area contributed by atoms with Crippen molar-refractivity contribution in [3.05, 3.63) is 63.5 Å². The molecule has 1 aromatic heterocycles. The van der Waals surface area contributed by atoms with E-state index in [4.69, 9.17) is 10.00 Å². The lowest BCUT2D eigenvalue weighted by molar-refractivity contribution is 0.413. The molecule has 1 N–H and O–H groups in total. The largest absolute Gasteiger partial charge is 0.496 e. The Morgan fingerprint density at radius 2 is 1.74 bits per heavy atom. The molecule has 116 valence electrons. The molecule has 0 aliphatic heterocycles. The molecule has 23 heavy (non-hydrogen) atoms. The molecule has 2 rings (SSSR count). The van der Waals surface area contributed by atoms with Crippen molar-refractivity contribution in [3.8, 4) is 23.1 Å². The average Bonchev–Trinajstić information content (AvgIpc) is 2.55. The van der Waals surface area contributed by atoms with E-state index in [1.165, 1.54) is 6.07 Å². The van der Waals surface area contributed by atoms with Gasteiger partial charge in [-0.1, -0.05) is 24.3 Å². The first-order valence-electron chi connectivity index (χ1n) is 7.25. The van der Waals surface area contributed by atoms with Crippen molar-refractivity contribution in [2.45, 2.75) is 13.8 Å². The van der Waals surface area contributed by atoms with Crippen molar-refractivity contribution in [2.75, 3.05) is 7.11 Å².